The first-order valence-electron chi connectivity index (χ1n) is 11.0. The molecule has 0 saturated carbocycles. The van der Waals surface area contributed by atoms with E-state index in [4.69, 9.17) is 5.11 Å². The lowest BCUT2D eigenvalue weighted by Gasteiger charge is -2.28. The van der Waals surface area contributed by atoms with Crippen molar-refractivity contribution in [2.75, 3.05) is 29.2 Å². The molecule has 1 heterocycles. The molecule has 3 nitrogen and oxygen atoms in total. The van der Waals surface area contributed by atoms with Crippen molar-refractivity contribution >= 4 is 52.6 Å². The van der Waals surface area contributed by atoms with Crippen LogP contribution in [0.5, 0.6) is 0 Å². The second-order valence-corrected chi connectivity index (χ2v) is 10.4. The van der Waals surface area contributed by atoms with Crippen LogP contribution in [0.2, 0.25) is 0 Å². The van der Waals surface area contributed by atoms with E-state index in [0.29, 0.717) is 5.92 Å². The number of benzene rings is 2. The number of aliphatic carboxylic acids is 1. The van der Waals surface area contributed by atoms with Crippen LogP contribution in [0.15, 0.2) is 52.3 Å². The molecule has 1 unspecified atom stereocenters. The van der Waals surface area contributed by atoms with Gasteiger partial charge in [0.25, 0.3) is 0 Å². The molecule has 170 valence electrons. The van der Waals surface area contributed by atoms with Gasteiger partial charge in [0.05, 0.1) is 11.4 Å². The number of thioether (sulfide) groups is 3. The number of rotatable bonds is 8. The number of unbranched alkanes of at least 4 members (excludes halogenated alkanes) is 1. The summed E-state index contributed by atoms with van der Waals surface area (Å²) in [4.78, 5) is 15.9. The Bertz CT molecular complexity index is 812. The monoisotopic (exact) mass is 477 g/mol. The standard InChI is InChI=1S/C21H25NO2S3.C4H10/c1-3-15-11-22(17-7-5-4-6-8-17)18-10-19(25-2)16(9-20(18)27-12-15)13-26-14-21(23)24;1-3-4-2/h4-10,15H,3,11-14H2,1-2H3,(H,23,24);3-4H2,1-2H3. The van der Waals surface area contributed by atoms with Crippen molar-refractivity contribution in [3.63, 3.8) is 0 Å². The molecular formula is C25H35NO2S3. The zero-order valence-electron chi connectivity index (χ0n) is 19.1. The first-order valence-corrected chi connectivity index (χ1v) is 14.4. The molecule has 3 rings (SSSR count). The SMILES string of the molecule is CCC1CSc2cc(CSCC(=O)O)c(SC)cc2N(c2ccccc2)C1.CCCC. The Labute approximate surface area is 200 Å². The Kier molecular flexibility index (Phi) is 11.8. The Hall–Kier alpha value is -1.24. The van der Waals surface area contributed by atoms with Crippen molar-refractivity contribution < 1.29 is 9.90 Å². The Balaban J connectivity index is 0.000000785. The summed E-state index contributed by atoms with van der Waals surface area (Å²) in [5.74, 6) is 1.89. The zero-order chi connectivity index (χ0) is 22.6. The molecule has 1 aliphatic rings. The number of nitrogens with zero attached hydrogens (tertiary/aromatic N) is 1. The van der Waals surface area contributed by atoms with E-state index in [1.54, 1.807) is 11.8 Å². The molecule has 31 heavy (non-hydrogen) atoms. The van der Waals surface area contributed by atoms with Crippen LogP contribution >= 0.6 is 35.3 Å². The van der Waals surface area contributed by atoms with Crippen molar-refractivity contribution in [3.05, 3.63) is 48.0 Å². The maximum absolute atomic E-state index is 10.9. The smallest absolute Gasteiger partial charge is 0.313 e. The molecule has 1 atom stereocenters. The molecule has 0 radical (unpaired) electrons. The lowest BCUT2D eigenvalue weighted by molar-refractivity contribution is -0.133. The normalized spacial score (nSPS) is 15.5. The predicted octanol–water partition coefficient (Wildman–Crippen LogP) is 7.80. The molecule has 1 aliphatic heterocycles. The van der Waals surface area contributed by atoms with Crippen LogP contribution in [0, 0.1) is 5.92 Å². The first kappa shape index (κ1) is 26.0. The van der Waals surface area contributed by atoms with E-state index in [9.17, 15) is 4.79 Å². The highest BCUT2D eigenvalue weighted by Gasteiger charge is 2.24. The molecule has 0 amide bonds. The summed E-state index contributed by atoms with van der Waals surface area (Å²) in [7, 11) is 0. The third kappa shape index (κ3) is 7.99. The van der Waals surface area contributed by atoms with Gasteiger partial charge in [0.2, 0.25) is 0 Å². The summed E-state index contributed by atoms with van der Waals surface area (Å²) in [6.07, 6.45) is 5.90. The average molecular weight is 478 g/mol. The van der Waals surface area contributed by atoms with Crippen molar-refractivity contribution in [2.24, 2.45) is 5.92 Å². The quantitative estimate of drug-likeness (QED) is 0.391. The second kappa shape index (κ2) is 14.0. The number of carboxylic acids is 1. The third-order valence-corrected chi connectivity index (χ3v) is 8.26. The van der Waals surface area contributed by atoms with Crippen LogP contribution in [0.25, 0.3) is 0 Å². The van der Waals surface area contributed by atoms with Gasteiger partial charge in [-0.2, -0.15) is 0 Å². The minimum absolute atomic E-state index is 0.145. The maximum Gasteiger partial charge on any atom is 0.313 e. The number of para-hydroxylation sites is 1. The lowest BCUT2D eigenvalue weighted by Crippen LogP contribution is -2.24. The van der Waals surface area contributed by atoms with Crippen LogP contribution in [-0.4, -0.2) is 35.4 Å². The fraction of sp³-hybridized carbons (Fsp3) is 0.480. The predicted molar refractivity (Wildman–Crippen MR) is 141 cm³/mol. The largest absolute Gasteiger partial charge is 0.481 e. The number of carbonyl (C=O) groups is 1. The molecular weight excluding hydrogens is 442 g/mol. The van der Waals surface area contributed by atoms with Crippen LogP contribution in [0.4, 0.5) is 11.4 Å². The van der Waals surface area contributed by atoms with E-state index >= 15 is 0 Å². The molecule has 0 fully saturated rings. The number of anilines is 2. The van der Waals surface area contributed by atoms with E-state index in [0.717, 1.165) is 18.1 Å². The molecule has 0 saturated heterocycles. The Morgan fingerprint density at radius 3 is 2.45 bits per heavy atom. The summed E-state index contributed by atoms with van der Waals surface area (Å²) in [6.45, 7) is 7.66. The van der Waals surface area contributed by atoms with Crippen molar-refractivity contribution in [3.8, 4) is 0 Å². The molecule has 0 spiro atoms. The van der Waals surface area contributed by atoms with Gasteiger partial charge in [-0.25, -0.2) is 0 Å². The molecule has 2 aromatic carbocycles. The summed E-state index contributed by atoms with van der Waals surface area (Å²) >= 11 is 5.14. The van der Waals surface area contributed by atoms with E-state index in [1.165, 1.54) is 57.8 Å². The lowest BCUT2D eigenvalue weighted by atomic mass is 10.1. The van der Waals surface area contributed by atoms with E-state index < -0.39 is 5.97 Å². The van der Waals surface area contributed by atoms with Crippen LogP contribution in [-0.2, 0) is 10.5 Å². The highest BCUT2D eigenvalue weighted by atomic mass is 32.2. The molecule has 0 aromatic heterocycles. The van der Waals surface area contributed by atoms with Gasteiger partial charge in [-0.05, 0) is 42.0 Å². The molecule has 2 aromatic rings. The average Bonchev–Trinajstić information content (AvgIpc) is 2.98. The van der Waals surface area contributed by atoms with Crippen molar-refractivity contribution in [1.29, 1.82) is 0 Å². The van der Waals surface area contributed by atoms with Gasteiger partial charge in [-0.15, -0.1) is 35.3 Å². The third-order valence-electron chi connectivity index (χ3n) is 5.20. The van der Waals surface area contributed by atoms with E-state index in [2.05, 4.69) is 74.4 Å². The summed E-state index contributed by atoms with van der Waals surface area (Å²) in [5, 5.41) is 8.93. The fourth-order valence-electron chi connectivity index (χ4n) is 3.19. The maximum atomic E-state index is 10.9. The highest BCUT2D eigenvalue weighted by molar-refractivity contribution is 8.00. The Morgan fingerprint density at radius 1 is 1.16 bits per heavy atom. The topological polar surface area (TPSA) is 40.5 Å². The summed E-state index contributed by atoms with van der Waals surface area (Å²) < 4.78 is 0. The van der Waals surface area contributed by atoms with Gasteiger partial charge in [0.1, 0.15) is 0 Å². The van der Waals surface area contributed by atoms with Crippen molar-refractivity contribution in [1.82, 2.24) is 0 Å². The molecule has 0 bridgehead atoms. The minimum Gasteiger partial charge on any atom is -0.481 e. The van der Waals surface area contributed by atoms with Crippen LogP contribution < -0.4 is 4.90 Å². The first-order chi connectivity index (χ1) is 15.0. The van der Waals surface area contributed by atoms with Gasteiger partial charge in [-0.3, -0.25) is 4.79 Å². The number of fused-ring (bicyclic) bond motifs is 1. The van der Waals surface area contributed by atoms with Gasteiger partial charge in [0.15, 0.2) is 0 Å². The van der Waals surface area contributed by atoms with Crippen LogP contribution in [0.1, 0.15) is 45.6 Å². The number of hydrogen-bond acceptors (Lipinski definition) is 5. The fourth-order valence-corrected chi connectivity index (χ4v) is 5.93. The van der Waals surface area contributed by atoms with Crippen LogP contribution in [0.3, 0.4) is 0 Å². The second-order valence-electron chi connectivity index (χ2n) is 7.55. The Morgan fingerprint density at radius 2 is 1.87 bits per heavy atom. The van der Waals surface area contributed by atoms with Gasteiger partial charge >= 0.3 is 5.97 Å². The number of carboxylic acid groups (broad SMARTS) is 1. The molecule has 1 N–H and O–H groups in total. The molecule has 0 aliphatic carbocycles. The highest BCUT2D eigenvalue weighted by Crippen LogP contribution is 2.43. The minimum atomic E-state index is -0.754. The summed E-state index contributed by atoms with van der Waals surface area (Å²) in [5.41, 5.74) is 3.75. The van der Waals surface area contributed by atoms with Crippen molar-refractivity contribution in [2.45, 2.75) is 55.6 Å². The zero-order valence-corrected chi connectivity index (χ0v) is 21.5. The number of hydrogen-bond donors (Lipinski definition) is 1. The van der Waals surface area contributed by atoms with E-state index in [1.807, 2.05) is 11.8 Å². The summed E-state index contributed by atoms with van der Waals surface area (Å²) in [6, 6.07) is 15.2. The van der Waals surface area contributed by atoms with Gasteiger partial charge in [-0.1, -0.05) is 58.2 Å². The van der Waals surface area contributed by atoms with Gasteiger partial charge < -0.3 is 10.0 Å². The van der Waals surface area contributed by atoms with E-state index in [-0.39, 0.29) is 5.75 Å². The molecule has 6 heteroatoms. The van der Waals surface area contributed by atoms with Gasteiger partial charge in [0, 0.05) is 33.5 Å².